The van der Waals surface area contributed by atoms with Gasteiger partial charge >= 0.3 is 0 Å². The van der Waals surface area contributed by atoms with Crippen LogP contribution in [0.3, 0.4) is 0 Å². The quantitative estimate of drug-likeness (QED) is 0.805. The fraction of sp³-hybridized carbons (Fsp3) is 0.368. The van der Waals surface area contributed by atoms with Gasteiger partial charge in [-0.3, -0.25) is 0 Å². The summed E-state index contributed by atoms with van der Waals surface area (Å²) in [6.45, 7) is 4.38. The molecule has 1 aliphatic rings. The number of hydrogen-bond donors (Lipinski definition) is 1. The number of ether oxygens (including phenoxy) is 1. The van der Waals surface area contributed by atoms with Gasteiger partial charge in [0.1, 0.15) is 11.6 Å². The Balaban J connectivity index is 1.55. The third kappa shape index (κ3) is 4.53. The van der Waals surface area contributed by atoms with E-state index in [1.807, 2.05) is 6.92 Å². The van der Waals surface area contributed by atoms with E-state index in [4.69, 9.17) is 4.74 Å². The van der Waals surface area contributed by atoms with E-state index in [1.165, 1.54) is 12.1 Å². The molecule has 0 radical (unpaired) electrons. The van der Waals surface area contributed by atoms with Crippen LogP contribution in [-0.4, -0.2) is 34.7 Å². The van der Waals surface area contributed by atoms with Crippen molar-refractivity contribution in [2.24, 2.45) is 5.92 Å². The Labute approximate surface area is 153 Å². The molecule has 0 bridgehead atoms. The summed E-state index contributed by atoms with van der Waals surface area (Å²) in [7, 11) is -3.54. The molecule has 1 aliphatic heterocycles. The van der Waals surface area contributed by atoms with Crippen molar-refractivity contribution in [1.29, 1.82) is 0 Å². The normalized spacial score (nSPS) is 17.5. The Hall–Kier alpha value is -2.12. The van der Waals surface area contributed by atoms with E-state index in [0.717, 1.165) is 25.2 Å². The Kier molecular flexibility index (Phi) is 5.78. The minimum absolute atomic E-state index is 0.220. The molecule has 1 unspecified atom stereocenters. The molecule has 2 aromatic carbocycles. The van der Waals surface area contributed by atoms with Gasteiger partial charge in [-0.05, 0) is 67.8 Å². The first-order chi connectivity index (χ1) is 12.5. The van der Waals surface area contributed by atoms with Crippen molar-refractivity contribution in [2.75, 3.05) is 31.1 Å². The van der Waals surface area contributed by atoms with Crippen LogP contribution in [0.25, 0.3) is 0 Å². The predicted octanol–water partition coefficient (Wildman–Crippen LogP) is 3.03. The maximum absolute atomic E-state index is 13.0. The van der Waals surface area contributed by atoms with Crippen molar-refractivity contribution in [3.8, 4) is 5.75 Å². The van der Waals surface area contributed by atoms with Gasteiger partial charge in [-0.2, -0.15) is 0 Å². The van der Waals surface area contributed by atoms with E-state index in [9.17, 15) is 12.8 Å². The smallest absolute Gasteiger partial charge is 0.240 e. The molecular formula is C19H23FN2O3S. The molecule has 3 rings (SSSR count). The Morgan fingerprint density at radius 1 is 1.15 bits per heavy atom. The molecule has 26 heavy (non-hydrogen) atoms. The van der Waals surface area contributed by atoms with Gasteiger partial charge in [0, 0.05) is 25.3 Å². The fourth-order valence-electron chi connectivity index (χ4n) is 3.08. The van der Waals surface area contributed by atoms with Crippen molar-refractivity contribution in [3.05, 3.63) is 54.3 Å². The minimum Gasteiger partial charge on any atom is -0.494 e. The lowest BCUT2D eigenvalue weighted by atomic mass is 10.1. The zero-order valence-electron chi connectivity index (χ0n) is 14.7. The summed E-state index contributed by atoms with van der Waals surface area (Å²) in [5, 5.41) is 0. The highest BCUT2D eigenvalue weighted by Crippen LogP contribution is 2.24. The van der Waals surface area contributed by atoms with Crippen LogP contribution in [0.15, 0.2) is 53.4 Å². The SMILES string of the molecule is CCOc1ccc(S(=O)(=O)NCC2CCN(c3ccc(F)cc3)C2)cc1. The zero-order chi connectivity index (χ0) is 18.6. The molecule has 5 nitrogen and oxygen atoms in total. The number of halogens is 1. The molecule has 1 saturated heterocycles. The lowest BCUT2D eigenvalue weighted by Gasteiger charge is -2.19. The van der Waals surface area contributed by atoms with Crippen LogP contribution >= 0.6 is 0 Å². The number of anilines is 1. The second-order valence-corrected chi connectivity index (χ2v) is 8.10. The highest BCUT2D eigenvalue weighted by atomic mass is 32.2. The molecule has 1 fully saturated rings. The fourth-order valence-corrected chi connectivity index (χ4v) is 4.19. The van der Waals surface area contributed by atoms with E-state index in [1.54, 1.807) is 36.4 Å². The van der Waals surface area contributed by atoms with Crippen molar-refractivity contribution < 1.29 is 17.5 Å². The van der Waals surface area contributed by atoms with Crippen LogP contribution in [0.1, 0.15) is 13.3 Å². The lowest BCUT2D eigenvalue weighted by molar-refractivity contribution is 0.340. The summed E-state index contributed by atoms with van der Waals surface area (Å²) < 4.78 is 45.9. The minimum atomic E-state index is -3.54. The summed E-state index contributed by atoms with van der Waals surface area (Å²) in [5.41, 5.74) is 0.961. The first kappa shape index (κ1) is 18.7. The first-order valence-electron chi connectivity index (χ1n) is 8.71. The van der Waals surface area contributed by atoms with Gasteiger partial charge in [0.2, 0.25) is 10.0 Å². The molecule has 0 aromatic heterocycles. The Bertz CT molecular complexity index is 823. The molecule has 0 spiro atoms. The Morgan fingerprint density at radius 2 is 1.85 bits per heavy atom. The Morgan fingerprint density at radius 3 is 2.50 bits per heavy atom. The first-order valence-corrected chi connectivity index (χ1v) is 10.2. The average Bonchev–Trinajstić information content (AvgIpc) is 3.11. The van der Waals surface area contributed by atoms with Crippen LogP contribution in [0.4, 0.5) is 10.1 Å². The average molecular weight is 378 g/mol. The number of benzene rings is 2. The highest BCUT2D eigenvalue weighted by Gasteiger charge is 2.24. The standard InChI is InChI=1S/C19H23FN2O3S/c1-2-25-18-7-9-19(10-8-18)26(23,24)21-13-15-11-12-22(14-15)17-5-3-16(20)4-6-17/h3-10,15,21H,2,11-14H2,1H3. The van der Waals surface area contributed by atoms with E-state index in [2.05, 4.69) is 9.62 Å². The maximum atomic E-state index is 13.0. The number of rotatable bonds is 7. The van der Waals surface area contributed by atoms with E-state index >= 15 is 0 Å². The highest BCUT2D eigenvalue weighted by molar-refractivity contribution is 7.89. The summed E-state index contributed by atoms with van der Waals surface area (Å²) in [6, 6.07) is 12.8. The second kappa shape index (κ2) is 8.05. The lowest BCUT2D eigenvalue weighted by Crippen LogP contribution is -2.31. The molecule has 0 saturated carbocycles. The number of hydrogen-bond acceptors (Lipinski definition) is 4. The molecule has 0 amide bonds. The summed E-state index contributed by atoms with van der Waals surface area (Å²) in [4.78, 5) is 2.38. The number of sulfonamides is 1. The topological polar surface area (TPSA) is 58.6 Å². The molecule has 1 N–H and O–H groups in total. The van der Waals surface area contributed by atoms with Crippen molar-refractivity contribution in [1.82, 2.24) is 4.72 Å². The molecule has 0 aliphatic carbocycles. The van der Waals surface area contributed by atoms with Crippen LogP contribution < -0.4 is 14.4 Å². The van der Waals surface area contributed by atoms with Gasteiger partial charge in [-0.15, -0.1) is 0 Å². The van der Waals surface area contributed by atoms with Crippen LogP contribution in [-0.2, 0) is 10.0 Å². The monoisotopic (exact) mass is 378 g/mol. The third-order valence-electron chi connectivity index (χ3n) is 4.48. The summed E-state index contributed by atoms with van der Waals surface area (Å²) in [5.74, 6) is 0.613. The third-order valence-corrected chi connectivity index (χ3v) is 5.92. The molecule has 1 atom stereocenters. The van der Waals surface area contributed by atoms with Gasteiger partial charge in [-0.25, -0.2) is 17.5 Å². The van der Waals surface area contributed by atoms with E-state index < -0.39 is 10.0 Å². The molecular weight excluding hydrogens is 355 g/mol. The number of nitrogens with zero attached hydrogens (tertiary/aromatic N) is 1. The summed E-state index contributed by atoms with van der Waals surface area (Å²) >= 11 is 0. The van der Waals surface area contributed by atoms with E-state index in [-0.39, 0.29) is 16.6 Å². The molecule has 1 heterocycles. The molecule has 7 heteroatoms. The van der Waals surface area contributed by atoms with Crippen LogP contribution in [0, 0.1) is 11.7 Å². The van der Waals surface area contributed by atoms with Crippen LogP contribution in [0.2, 0.25) is 0 Å². The van der Waals surface area contributed by atoms with Gasteiger partial charge in [-0.1, -0.05) is 0 Å². The van der Waals surface area contributed by atoms with Gasteiger partial charge in [0.15, 0.2) is 0 Å². The predicted molar refractivity (Wildman–Crippen MR) is 99.5 cm³/mol. The molecule has 140 valence electrons. The van der Waals surface area contributed by atoms with Crippen molar-refractivity contribution in [2.45, 2.75) is 18.2 Å². The van der Waals surface area contributed by atoms with Crippen molar-refractivity contribution in [3.63, 3.8) is 0 Å². The summed E-state index contributed by atoms with van der Waals surface area (Å²) in [6.07, 6.45) is 0.892. The molecule has 2 aromatic rings. The van der Waals surface area contributed by atoms with Crippen LogP contribution in [0.5, 0.6) is 5.75 Å². The second-order valence-electron chi connectivity index (χ2n) is 6.33. The number of nitrogens with one attached hydrogen (secondary N) is 1. The van der Waals surface area contributed by atoms with E-state index in [0.29, 0.717) is 18.9 Å². The van der Waals surface area contributed by atoms with Gasteiger partial charge < -0.3 is 9.64 Å². The zero-order valence-corrected chi connectivity index (χ0v) is 15.5. The van der Waals surface area contributed by atoms with Gasteiger partial charge in [0.25, 0.3) is 0 Å². The van der Waals surface area contributed by atoms with Crippen molar-refractivity contribution >= 4 is 15.7 Å². The maximum Gasteiger partial charge on any atom is 0.240 e. The van der Waals surface area contributed by atoms with Gasteiger partial charge in [0.05, 0.1) is 11.5 Å². The largest absolute Gasteiger partial charge is 0.494 e.